The summed E-state index contributed by atoms with van der Waals surface area (Å²) in [6.07, 6.45) is 7.45. The molecule has 5 rings (SSSR count). The fourth-order valence-electron chi connectivity index (χ4n) is 3.49. The molecule has 0 saturated carbocycles. The molecule has 0 aliphatic heterocycles. The van der Waals surface area contributed by atoms with Crippen molar-refractivity contribution in [3.8, 4) is 11.3 Å². The molecule has 4 heterocycles. The minimum atomic E-state index is -0.553. The van der Waals surface area contributed by atoms with E-state index in [4.69, 9.17) is 10.8 Å². The maximum Gasteiger partial charge on any atom is 0.267 e. The van der Waals surface area contributed by atoms with Crippen LogP contribution in [-0.2, 0) is 6.42 Å². The maximum atomic E-state index is 11.4. The molecule has 0 saturated heterocycles. The van der Waals surface area contributed by atoms with E-state index in [0.717, 1.165) is 27.7 Å². The standard InChI is InChI=1S/C22H17N7O/c1-13-7-16(10-25-20(13)21(23)30)19-12-27-22-26-11-17(29(22)28-19)9-14-4-5-18-15(8-14)3-2-6-24-18/h2-8,10-12H,9H2,1H3,(H2,23,30). The zero-order chi connectivity index (χ0) is 20.7. The minimum absolute atomic E-state index is 0.252. The normalized spacial score (nSPS) is 11.2. The van der Waals surface area contributed by atoms with Crippen molar-refractivity contribution in [2.75, 3.05) is 0 Å². The van der Waals surface area contributed by atoms with Crippen molar-refractivity contribution >= 4 is 22.6 Å². The van der Waals surface area contributed by atoms with Gasteiger partial charge in [0.15, 0.2) is 0 Å². The number of rotatable bonds is 4. The SMILES string of the molecule is Cc1cc(-c2cnc3ncc(Cc4ccc5ncccc5c4)n3n2)cnc1C(N)=O. The number of imidazole rings is 1. The van der Waals surface area contributed by atoms with Gasteiger partial charge in [-0.2, -0.15) is 5.10 Å². The molecule has 0 unspecified atom stereocenters. The Morgan fingerprint density at radius 1 is 1.03 bits per heavy atom. The highest BCUT2D eigenvalue weighted by Crippen LogP contribution is 2.20. The number of pyridine rings is 2. The number of amides is 1. The second kappa shape index (κ2) is 7.00. The van der Waals surface area contributed by atoms with Gasteiger partial charge in [0.05, 0.1) is 23.6 Å². The molecule has 0 fully saturated rings. The van der Waals surface area contributed by atoms with Crippen LogP contribution in [0, 0.1) is 6.92 Å². The van der Waals surface area contributed by atoms with Gasteiger partial charge in [-0.05, 0) is 42.3 Å². The number of primary amides is 1. The molecule has 0 atom stereocenters. The molecule has 8 heteroatoms. The number of hydrogen-bond acceptors (Lipinski definition) is 6. The van der Waals surface area contributed by atoms with E-state index in [1.165, 1.54) is 0 Å². The Morgan fingerprint density at radius 3 is 2.73 bits per heavy atom. The summed E-state index contributed by atoms with van der Waals surface area (Å²) in [6.45, 7) is 1.79. The molecule has 1 aromatic carbocycles. The van der Waals surface area contributed by atoms with Crippen molar-refractivity contribution in [3.05, 3.63) is 83.7 Å². The fraction of sp³-hybridized carbons (Fsp3) is 0.0909. The molecule has 4 aromatic heterocycles. The second-order valence-electron chi connectivity index (χ2n) is 7.07. The lowest BCUT2D eigenvalue weighted by Gasteiger charge is -2.07. The van der Waals surface area contributed by atoms with Gasteiger partial charge < -0.3 is 5.73 Å². The molecule has 0 spiro atoms. The van der Waals surface area contributed by atoms with E-state index in [1.54, 1.807) is 36.2 Å². The number of aryl methyl sites for hydroxylation is 1. The van der Waals surface area contributed by atoms with Gasteiger partial charge in [0.2, 0.25) is 0 Å². The number of aromatic nitrogens is 6. The number of benzene rings is 1. The summed E-state index contributed by atoms with van der Waals surface area (Å²) in [5.74, 6) is -0.0299. The second-order valence-corrected chi connectivity index (χ2v) is 7.07. The first-order valence-electron chi connectivity index (χ1n) is 9.38. The zero-order valence-electron chi connectivity index (χ0n) is 16.1. The lowest BCUT2D eigenvalue weighted by atomic mass is 10.1. The van der Waals surface area contributed by atoms with Crippen LogP contribution in [0.4, 0.5) is 0 Å². The summed E-state index contributed by atoms with van der Waals surface area (Å²) < 4.78 is 1.74. The van der Waals surface area contributed by atoms with Gasteiger partial charge in [0, 0.05) is 29.8 Å². The third-order valence-corrected chi connectivity index (χ3v) is 4.96. The largest absolute Gasteiger partial charge is 0.364 e. The summed E-state index contributed by atoms with van der Waals surface area (Å²) in [5.41, 5.74) is 10.7. The summed E-state index contributed by atoms with van der Waals surface area (Å²) in [4.78, 5) is 28.7. The molecule has 8 nitrogen and oxygen atoms in total. The summed E-state index contributed by atoms with van der Waals surface area (Å²) in [7, 11) is 0. The Morgan fingerprint density at radius 2 is 1.90 bits per heavy atom. The van der Waals surface area contributed by atoms with E-state index < -0.39 is 5.91 Å². The van der Waals surface area contributed by atoms with E-state index in [1.807, 2.05) is 24.3 Å². The highest BCUT2D eigenvalue weighted by atomic mass is 16.1. The summed E-state index contributed by atoms with van der Waals surface area (Å²) >= 11 is 0. The fourth-order valence-corrected chi connectivity index (χ4v) is 3.49. The molecule has 0 aliphatic carbocycles. The maximum absolute atomic E-state index is 11.4. The van der Waals surface area contributed by atoms with Gasteiger partial charge in [-0.3, -0.25) is 14.8 Å². The van der Waals surface area contributed by atoms with E-state index in [0.29, 0.717) is 23.5 Å². The Hall–Kier alpha value is -4.20. The Kier molecular flexibility index (Phi) is 4.17. The molecule has 0 radical (unpaired) electrons. The van der Waals surface area contributed by atoms with E-state index in [2.05, 4.69) is 32.1 Å². The summed E-state index contributed by atoms with van der Waals surface area (Å²) in [6, 6.07) is 12.0. The third kappa shape index (κ3) is 3.14. The summed E-state index contributed by atoms with van der Waals surface area (Å²) in [5, 5.41) is 5.79. The predicted molar refractivity (Wildman–Crippen MR) is 112 cm³/mol. The number of carbonyl (C=O) groups excluding carboxylic acids is 1. The minimum Gasteiger partial charge on any atom is -0.364 e. The quantitative estimate of drug-likeness (QED) is 0.501. The number of nitrogens with zero attached hydrogens (tertiary/aromatic N) is 6. The van der Waals surface area contributed by atoms with Crippen LogP contribution < -0.4 is 5.73 Å². The molecule has 30 heavy (non-hydrogen) atoms. The highest BCUT2D eigenvalue weighted by Gasteiger charge is 2.12. The van der Waals surface area contributed by atoms with Crippen LogP contribution in [0.1, 0.15) is 27.3 Å². The van der Waals surface area contributed by atoms with Gasteiger partial charge in [-0.1, -0.05) is 12.1 Å². The van der Waals surface area contributed by atoms with Crippen LogP contribution in [0.3, 0.4) is 0 Å². The lowest BCUT2D eigenvalue weighted by Crippen LogP contribution is -2.14. The van der Waals surface area contributed by atoms with Crippen molar-refractivity contribution < 1.29 is 4.79 Å². The van der Waals surface area contributed by atoms with E-state index in [9.17, 15) is 4.79 Å². The van der Waals surface area contributed by atoms with Crippen molar-refractivity contribution in [1.29, 1.82) is 0 Å². The third-order valence-electron chi connectivity index (χ3n) is 4.96. The first kappa shape index (κ1) is 17.9. The Bertz CT molecular complexity index is 1420. The molecule has 1 amide bonds. The van der Waals surface area contributed by atoms with Crippen molar-refractivity contribution in [2.45, 2.75) is 13.3 Å². The molecule has 0 aliphatic rings. The average molecular weight is 395 g/mol. The van der Waals surface area contributed by atoms with Crippen molar-refractivity contribution in [3.63, 3.8) is 0 Å². The Balaban J connectivity index is 1.52. The van der Waals surface area contributed by atoms with Crippen LogP contribution in [-0.4, -0.2) is 35.5 Å². The number of carbonyl (C=O) groups is 1. The molecule has 146 valence electrons. The number of nitrogens with two attached hydrogens (primary N) is 1. The van der Waals surface area contributed by atoms with Gasteiger partial charge >= 0.3 is 0 Å². The van der Waals surface area contributed by atoms with Crippen molar-refractivity contribution in [1.82, 2.24) is 29.5 Å². The number of fused-ring (bicyclic) bond motifs is 2. The van der Waals surface area contributed by atoms with Crippen molar-refractivity contribution in [2.24, 2.45) is 5.73 Å². The Labute approximate surface area is 171 Å². The first-order chi connectivity index (χ1) is 14.6. The van der Waals surface area contributed by atoms with Crippen LogP contribution in [0.25, 0.3) is 27.9 Å². The zero-order valence-corrected chi connectivity index (χ0v) is 16.1. The molecular weight excluding hydrogens is 378 g/mol. The molecular formula is C22H17N7O. The van der Waals surface area contributed by atoms with Crippen LogP contribution in [0.5, 0.6) is 0 Å². The van der Waals surface area contributed by atoms with Gasteiger partial charge in [0.25, 0.3) is 11.7 Å². The van der Waals surface area contributed by atoms with Crippen LogP contribution in [0.15, 0.2) is 61.2 Å². The van der Waals surface area contributed by atoms with E-state index >= 15 is 0 Å². The number of hydrogen-bond donors (Lipinski definition) is 1. The van der Waals surface area contributed by atoms with Gasteiger partial charge in [0.1, 0.15) is 11.4 Å². The first-order valence-corrected chi connectivity index (χ1v) is 9.38. The van der Waals surface area contributed by atoms with Gasteiger partial charge in [-0.25, -0.2) is 14.5 Å². The highest BCUT2D eigenvalue weighted by molar-refractivity contribution is 5.92. The van der Waals surface area contributed by atoms with Crippen LogP contribution >= 0.6 is 0 Å². The molecule has 5 aromatic rings. The van der Waals surface area contributed by atoms with Gasteiger partial charge in [-0.15, -0.1) is 0 Å². The smallest absolute Gasteiger partial charge is 0.267 e. The average Bonchev–Trinajstić information content (AvgIpc) is 3.15. The lowest BCUT2D eigenvalue weighted by molar-refractivity contribution is 0.0995. The van der Waals surface area contributed by atoms with E-state index in [-0.39, 0.29) is 5.69 Å². The molecule has 0 bridgehead atoms. The molecule has 2 N–H and O–H groups in total. The van der Waals surface area contributed by atoms with Crippen LogP contribution in [0.2, 0.25) is 0 Å². The predicted octanol–water partition coefficient (Wildman–Crippen LogP) is 2.73. The monoisotopic (exact) mass is 395 g/mol. The topological polar surface area (TPSA) is 112 Å².